The maximum absolute atomic E-state index is 5.86. The van der Waals surface area contributed by atoms with E-state index in [9.17, 15) is 0 Å². The molecule has 1 aliphatic carbocycles. The molecule has 1 saturated carbocycles. The van der Waals surface area contributed by atoms with Gasteiger partial charge < -0.3 is 10.6 Å². The van der Waals surface area contributed by atoms with E-state index < -0.39 is 0 Å². The lowest BCUT2D eigenvalue weighted by Crippen LogP contribution is -2.49. The molecule has 18 heavy (non-hydrogen) atoms. The minimum atomic E-state index is 0.351. The third-order valence-corrected chi connectivity index (χ3v) is 5.25. The van der Waals surface area contributed by atoms with E-state index >= 15 is 0 Å². The number of rotatable bonds is 3. The first kappa shape index (κ1) is 12.5. The molecular weight excluding hydrogens is 361 g/mol. The van der Waals surface area contributed by atoms with Crippen molar-refractivity contribution in [3.63, 3.8) is 0 Å². The van der Waals surface area contributed by atoms with Crippen molar-refractivity contribution in [2.75, 3.05) is 11.9 Å². The first-order valence-electron chi connectivity index (χ1n) is 5.80. The van der Waals surface area contributed by atoms with Gasteiger partial charge in [-0.15, -0.1) is 0 Å². The van der Waals surface area contributed by atoms with Gasteiger partial charge in [0.1, 0.15) is 12.1 Å². The van der Waals surface area contributed by atoms with Crippen LogP contribution >= 0.6 is 30.3 Å². The number of aromatic nitrogens is 3. The molecule has 2 N–H and O–H groups in total. The molecule has 5 nitrogen and oxygen atoms in total. The van der Waals surface area contributed by atoms with Gasteiger partial charge in [0, 0.05) is 55.7 Å². The van der Waals surface area contributed by atoms with Gasteiger partial charge in [-0.3, -0.25) is 3.97 Å². The normalized spacial score (nSPS) is 23.1. The number of nitrogens with two attached hydrogens (primary N) is 1. The molecule has 1 fully saturated rings. The molecule has 0 amide bonds. The van der Waals surface area contributed by atoms with Crippen LogP contribution in [0.1, 0.15) is 12.8 Å². The molecule has 0 aliphatic heterocycles. The molecule has 0 bridgehead atoms. The fourth-order valence-electron chi connectivity index (χ4n) is 2.37. The molecule has 7 heteroatoms. The zero-order chi connectivity index (χ0) is 12.7. The molecule has 3 rings (SSSR count). The topological polar surface area (TPSA) is 60.0 Å². The zero-order valence-corrected chi connectivity index (χ0v) is 12.9. The first-order valence-corrected chi connectivity index (χ1v) is 9.12. The van der Waals surface area contributed by atoms with E-state index in [2.05, 4.69) is 49.2 Å². The lowest BCUT2D eigenvalue weighted by atomic mass is 9.86. The monoisotopic (exact) mass is 375 g/mol. The third-order valence-electron chi connectivity index (χ3n) is 3.53. The number of fused-ring (bicyclic) bond motifs is 1. The third kappa shape index (κ3) is 1.97. The lowest BCUT2D eigenvalue weighted by Gasteiger charge is -2.40. The van der Waals surface area contributed by atoms with Crippen LogP contribution in [-0.4, -0.2) is 33.1 Å². The predicted octanol–water partition coefficient (Wildman–Crippen LogP) is 2.20. The Kier molecular flexibility index (Phi) is 3.37. The van der Waals surface area contributed by atoms with E-state index in [1.165, 1.54) is 0 Å². The molecule has 96 valence electrons. The molecule has 0 saturated heterocycles. The van der Waals surface area contributed by atoms with Gasteiger partial charge in [-0.1, -0.05) is 0 Å². The van der Waals surface area contributed by atoms with E-state index in [0.717, 1.165) is 29.7 Å². The highest BCUT2D eigenvalue weighted by Crippen LogP contribution is 2.32. The van der Waals surface area contributed by atoms with Crippen LogP contribution in [0.5, 0.6) is 0 Å². The minimum absolute atomic E-state index is 0.351. The quantitative estimate of drug-likeness (QED) is 0.834. The fourth-order valence-corrected chi connectivity index (χ4v) is 3.64. The van der Waals surface area contributed by atoms with Crippen molar-refractivity contribution in [3.05, 3.63) is 18.6 Å². The van der Waals surface area contributed by atoms with Crippen LogP contribution in [0.15, 0.2) is 18.6 Å². The van der Waals surface area contributed by atoms with Crippen molar-refractivity contribution in [1.82, 2.24) is 13.9 Å². The van der Waals surface area contributed by atoms with Gasteiger partial charge in [0.2, 0.25) is 0 Å². The van der Waals surface area contributed by atoms with Gasteiger partial charge in [-0.2, -0.15) is 0 Å². The van der Waals surface area contributed by atoms with Crippen molar-refractivity contribution in [2.45, 2.75) is 24.9 Å². The molecule has 2 heterocycles. The number of halogens is 1. The largest absolute Gasteiger partial charge is 0.356 e. The summed E-state index contributed by atoms with van der Waals surface area (Å²) in [7, 11) is 3.70. The van der Waals surface area contributed by atoms with Crippen LogP contribution in [0, 0.1) is 0 Å². The summed E-state index contributed by atoms with van der Waals surface area (Å²) in [5, 5.41) is 1.10. The highest BCUT2D eigenvalue weighted by atomic mass is 127. The summed E-state index contributed by atoms with van der Waals surface area (Å²) in [6, 6.07) is 2.93. The Morgan fingerprint density at radius 3 is 2.94 bits per heavy atom. The smallest absolute Gasteiger partial charge is 0.156 e. The van der Waals surface area contributed by atoms with Crippen LogP contribution in [0.2, 0.25) is 0 Å². The molecule has 2 aromatic rings. The molecule has 0 aromatic carbocycles. The Morgan fingerprint density at radius 2 is 2.28 bits per heavy atom. The highest BCUT2D eigenvalue weighted by molar-refractivity contribution is 14.2. The van der Waals surface area contributed by atoms with Gasteiger partial charge in [0.15, 0.2) is 5.65 Å². The average Bonchev–Trinajstić information content (AvgIpc) is 2.77. The second-order valence-corrected chi connectivity index (χ2v) is 6.35. The second kappa shape index (κ2) is 4.86. The van der Waals surface area contributed by atoms with Crippen LogP contribution in [0.3, 0.4) is 0 Å². The Morgan fingerprint density at radius 1 is 1.50 bits per heavy atom. The van der Waals surface area contributed by atoms with Crippen molar-refractivity contribution >= 4 is 47.2 Å². The first-order chi connectivity index (χ1) is 8.70. The summed E-state index contributed by atoms with van der Waals surface area (Å²) < 4.78 is 2.04. The maximum Gasteiger partial charge on any atom is 0.156 e. The summed E-state index contributed by atoms with van der Waals surface area (Å²) in [6.45, 7) is 0. The van der Waals surface area contributed by atoms with E-state index in [4.69, 9.17) is 5.73 Å². The van der Waals surface area contributed by atoms with E-state index in [-0.39, 0.29) is 0 Å². The van der Waals surface area contributed by atoms with Gasteiger partial charge in [-0.05, 0) is 18.9 Å². The molecule has 1 aliphatic rings. The summed E-state index contributed by atoms with van der Waals surface area (Å²) in [6.07, 6.45) is 5.75. The Bertz CT molecular complexity index is 566. The van der Waals surface area contributed by atoms with Gasteiger partial charge in [0.25, 0.3) is 0 Å². The lowest BCUT2D eigenvalue weighted by molar-refractivity contribution is 0.339. The van der Waals surface area contributed by atoms with Crippen LogP contribution in [0.4, 0.5) is 5.82 Å². The average molecular weight is 375 g/mol. The van der Waals surface area contributed by atoms with Crippen molar-refractivity contribution in [1.29, 1.82) is 0 Å². The number of hydrogen-bond donors (Lipinski definition) is 1. The molecule has 0 unspecified atom stereocenters. The summed E-state index contributed by atoms with van der Waals surface area (Å²) in [5.74, 6) is 1.00. The number of anilines is 1. The van der Waals surface area contributed by atoms with E-state index in [1.54, 1.807) is 15.4 Å². The number of hydrogen-bond acceptors (Lipinski definition) is 5. The van der Waals surface area contributed by atoms with Crippen molar-refractivity contribution in [3.8, 4) is 0 Å². The van der Waals surface area contributed by atoms with Crippen molar-refractivity contribution in [2.24, 2.45) is 5.73 Å². The predicted molar refractivity (Wildman–Crippen MR) is 83.9 cm³/mol. The zero-order valence-electron chi connectivity index (χ0n) is 9.95. The SMILES string of the molecule is CN(c1ncnc2c1ccn2SI)C1CC(N)C1. The minimum Gasteiger partial charge on any atom is -0.356 e. The molecule has 0 atom stereocenters. The summed E-state index contributed by atoms with van der Waals surface area (Å²) >= 11 is 2.25. The van der Waals surface area contributed by atoms with Crippen LogP contribution in [0.25, 0.3) is 11.0 Å². The Balaban J connectivity index is 1.98. The van der Waals surface area contributed by atoms with Gasteiger partial charge >= 0.3 is 0 Å². The standard InChI is InChI=1S/C11H14IN5S/c1-16(8-4-7(13)5-8)10-9-2-3-17(18-12)11(9)15-6-14-10/h2-3,6-8H,4-5,13H2,1H3. The summed E-state index contributed by atoms with van der Waals surface area (Å²) in [5.41, 5.74) is 6.82. The summed E-state index contributed by atoms with van der Waals surface area (Å²) in [4.78, 5) is 11.0. The number of nitrogens with zero attached hydrogens (tertiary/aromatic N) is 4. The molecule has 2 aromatic heterocycles. The second-order valence-electron chi connectivity index (χ2n) is 4.64. The Labute approximate surface area is 122 Å². The van der Waals surface area contributed by atoms with Gasteiger partial charge in [-0.25, -0.2) is 9.97 Å². The molecular formula is C11H14IN5S. The van der Waals surface area contributed by atoms with Crippen LogP contribution in [-0.2, 0) is 0 Å². The maximum atomic E-state index is 5.86. The highest BCUT2D eigenvalue weighted by Gasteiger charge is 2.30. The van der Waals surface area contributed by atoms with E-state index in [1.807, 2.05) is 10.2 Å². The van der Waals surface area contributed by atoms with Gasteiger partial charge in [0.05, 0.1) is 5.39 Å². The molecule has 0 radical (unpaired) electrons. The van der Waals surface area contributed by atoms with Crippen LogP contribution < -0.4 is 10.6 Å². The van der Waals surface area contributed by atoms with Crippen molar-refractivity contribution < 1.29 is 0 Å². The Hall–Kier alpha value is -0.540. The van der Waals surface area contributed by atoms with E-state index in [0.29, 0.717) is 12.1 Å². The molecule has 0 spiro atoms. The fraction of sp³-hybridized carbons (Fsp3) is 0.455.